The van der Waals surface area contributed by atoms with Gasteiger partial charge >= 0.3 is 84.3 Å². The van der Waals surface area contributed by atoms with Crippen molar-refractivity contribution in [2.45, 2.75) is 0 Å². The van der Waals surface area contributed by atoms with E-state index in [1.165, 1.54) is 4.70 Å². The number of rotatable bonds is 16. The Morgan fingerprint density at radius 2 is 0.605 bits per heavy atom. The van der Waals surface area contributed by atoms with E-state index in [1.807, 2.05) is 303 Å². The third-order valence-electron chi connectivity index (χ3n) is 18.6. The van der Waals surface area contributed by atoms with Crippen molar-refractivity contribution in [2.75, 3.05) is 0 Å². The minimum absolute atomic E-state index is 0. The summed E-state index contributed by atoms with van der Waals surface area (Å²) >= 11 is 6.43. The zero-order valence-electron chi connectivity index (χ0n) is 63.6. The average Bonchev–Trinajstić information content (AvgIpc) is 1.69. The zero-order valence-corrected chi connectivity index (χ0v) is 75.9. The number of thiophene rings is 2. The maximum atomic E-state index is 6.07. The molecule has 608 valence electrons. The van der Waals surface area contributed by atoms with Crippen LogP contribution in [-0.2, 0) is 84.3 Å². The number of furan rings is 2. The molecule has 0 atom stereocenters. The molecule has 16 aromatic heterocycles. The van der Waals surface area contributed by atoms with Crippen molar-refractivity contribution < 1.29 is 121 Å². The molecule has 8 aromatic carbocycles. The summed E-state index contributed by atoms with van der Waals surface area (Å²) in [5.74, 6) is 5.68. The van der Waals surface area contributed by atoms with Gasteiger partial charge in [-0.05, 0) is 102 Å². The Balaban J connectivity index is 0.000000116. The molecule has 124 heavy (non-hydrogen) atoms. The van der Waals surface area contributed by atoms with Gasteiger partial charge in [0.05, 0.1) is 21.9 Å². The molecule has 0 fully saturated rings. The molecule has 0 amide bonds. The topological polar surface area (TPSA) is 210 Å². The first kappa shape index (κ1) is 83.4. The van der Waals surface area contributed by atoms with Gasteiger partial charge in [0, 0.05) is 110 Å². The summed E-state index contributed by atoms with van der Waals surface area (Å²) in [6, 6.07) is 103. The van der Waals surface area contributed by atoms with E-state index in [0.717, 1.165) is 114 Å². The number of pyridine rings is 4. The third-order valence-corrected chi connectivity index (χ3v) is 22.4. The van der Waals surface area contributed by atoms with Gasteiger partial charge in [-0.3, -0.25) is 29.9 Å². The van der Waals surface area contributed by atoms with Gasteiger partial charge in [-0.15, -0.1) is 202 Å². The van der Waals surface area contributed by atoms with E-state index in [0.29, 0.717) is 80.4 Å². The monoisotopic (exact) mass is 2410 g/mol. The summed E-state index contributed by atoms with van der Waals surface area (Å²) in [5.41, 5.74) is 16.1. The fourth-order valence-corrected chi connectivity index (χ4v) is 16.5. The zero-order chi connectivity index (χ0) is 79.7. The number of imidazole rings is 4. The summed E-state index contributed by atoms with van der Waals surface area (Å²) in [5, 5.41) is 5.81. The second-order valence-corrected chi connectivity index (χ2v) is 30.5. The standard InChI is InChI=1S/C24H13N3O3.2C24H13N3O2S.C24H13N3OS2.4Pt/c1-2-11-27-15-20(25-22(27)9-1)16-5-3-7-18(13-16)29-19-8-4-6-17(14-19)23-26-24-21(30-23)10-12-28-24;1-2-11-27-15-20(25-22(27)9-1)16-5-3-7-18(13-16)29-19-8-4-6-17(14-19)24-26-23-21(30-24)10-12-28-23;1-2-11-27-15-20(25-22(27)9-1)16-5-3-7-18(13-16)28-19-8-4-6-17(14-19)23-26-24-21(29-23)10-12-30-24;1-2-11-27-15-20(25-22(27)9-1)16-5-3-7-18(13-16)28-19-8-4-6-17(14-19)23-26-24-21(30-23)10-12-29-24;;;;/h4*1-12,15H;;;;/q4*-2;4*+2. The van der Waals surface area contributed by atoms with Crippen LogP contribution in [0, 0.1) is 48.5 Å². The summed E-state index contributed by atoms with van der Waals surface area (Å²) in [7, 11) is 0. The van der Waals surface area contributed by atoms with Crippen molar-refractivity contribution in [1.29, 1.82) is 0 Å². The van der Waals surface area contributed by atoms with E-state index in [9.17, 15) is 0 Å². The van der Waals surface area contributed by atoms with Crippen molar-refractivity contribution in [1.82, 2.24) is 57.5 Å². The molecule has 0 saturated carbocycles. The quantitative estimate of drug-likeness (QED) is 0.0823. The van der Waals surface area contributed by atoms with Crippen LogP contribution in [0.4, 0.5) is 0 Å². The van der Waals surface area contributed by atoms with Crippen LogP contribution in [0.2, 0.25) is 0 Å². The number of benzene rings is 8. The normalized spacial score (nSPS) is 11.0. The number of hydrogen-bond donors (Lipinski definition) is 0. The Bertz CT molecular complexity index is 6670. The van der Waals surface area contributed by atoms with Crippen molar-refractivity contribution in [2.24, 2.45) is 0 Å². The molecule has 24 aromatic rings. The van der Waals surface area contributed by atoms with Gasteiger partial charge in [0.15, 0.2) is 16.0 Å². The summed E-state index contributed by atoms with van der Waals surface area (Å²) in [4.78, 5) is 38.6. The van der Waals surface area contributed by atoms with Gasteiger partial charge in [0.25, 0.3) is 5.71 Å². The van der Waals surface area contributed by atoms with Crippen LogP contribution in [0.25, 0.3) is 153 Å². The van der Waals surface area contributed by atoms with E-state index in [1.54, 1.807) is 63.9 Å². The van der Waals surface area contributed by atoms with Gasteiger partial charge in [-0.1, -0.05) is 83.9 Å². The van der Waals surface area contributed by atoms with Gasteiger partial charge < -0.3 is 54.2 Å². The molecule has 0 N–H and O–H groups in total. The van der Waals surface area contributed by atoms with Crippen molar-refractivity contribution >= 4 is 110 Å². The first-order chi connectivity index (χ1) is 59.3. The second kappa shape index (κ2) is 37.5. The Labute approximate surface area is 779 Å². The van der Waals surface area contributed by atoms with E-state index < -0.39 is 0 Å². The molecular weight excluding hydrogens is 2360 g/mol. The Morgan fingerprint density at radius 3 is 1.00 bits per heavy atom. The van der Waals surface area contributed by atoms with Crippen molar-refractivity contribution in [3.8, 4) is 135 Å². The summed E-state index contributed by atoms with van der Waals surface area (Å²) < 4.78 is 56.4. The number of ether oxygens (including phenoxy) is 4. The third kappa shape index (κ3) is 18.4. The molecule has 16 heterocycles. The van der Waals surface area contributed by atoms with Crippen LogP contribution >= 0.6 is 45.3 Å². The predicted molar refractivity (Wildman–Crippen MR) is 463 cm³/mol. The molecule has 0 saturated heterocycles. The molecule has 0 aliphatic carbocycles. The number of aromatic nitrogens is 12. The molecule has 0 spiro atoms. The number of nitrogens with zero attached hydrogens (tertiary/aromatic N) is 12. The summed E-state index contributed by atoms with van der Waals surface area (Å²) in [6.45, 7) is 0. The SMILES string of the molecule is [Pt+2].[Pt+2].[Pt+2].[Pt+2].[c-]1c(Oc2[c-]c(-c3nc4occc4o3)ccc2)cccc1-c1cn2ccccc2n1.[c-]1c(Oc2[c-]c(-c3nc4occc4s3)ccc2)cccc1-c1cn2ccccc2n1.[c-]1c(Oc2[c-]c(-c3nc4sccc4o3)ccc2)cccc1-c1cn2ccccc2n1.[c-]1c(Oc2[c-]c(-c3nc4sccc4s3)ccc2)cccc1-c1cn2ccccc2n1. The number of oxazole rings is 2. The molecule has 0 aliphatic rings. The van der Waals surface area contributed by atoms with E-state index in [2.05, 4.69) is 94.9 Å². The van der Waals surface area contributed by atoms with Gasteiger partial charge in [0.2, 0.25) is 5.71 Å². The average molecular weight is 2410 g/mol. The maximum absolute atomic E-state index is 6.07. The smallest absolute Gasteiger partial charge is 0.497 e. The summed E-state index contributed by atoms with van der Waals surface area (Å²) in [6.07, 6.45) is 19.0. The Morgan fingerprint density at radius 1 is 0.266 bits per heavy atom. The van der Waals surface area contributed by atoms with Gasteiger partial charge in [-0.2, -0.15) is 22.7 Å². The number of fused-ring (bicyclic) bond motifs is 8. The molecule has 0 unspecified atom stereocenters. The molecule has 0 radical (unpaired) electrons. The number of thiazole rings is 2. The molecule has 0 bridgehead atoms. The van der Waals surface area contributed by atoms with Crippen LogP contribution in [-0.4, -0.2) is 57.5 Å². The number of hydrogen-bond acceptors (Lipinski definition) is 20. The van der Waals surface area contributed by atoms with Crippen LogP contribution in [0.3, 0.4) is 0 Å². The maximum Gasteiger partial charge on any atom is 2.00 e. The van der Waals surface area contributed by atoms with Crippen molar-refractivity contribution in [3.63, 3.8) is 0 Å². The molecule has 20 nitrogen and oxygen atoms in total. The van der Waals surface area contributed by atoms with Gasteiger partial charge in [-0.25, -0.2) is 9.97 Å². The van der Waals surface area contributed by atoms with Crippen LogP contribution in [0.5, 0.6) is 46.0 Å². The van der Waals surface area contributed by atoms with E-state index in [-0.39, 0.29) is 84.3 Å². The molecule has 0 aliphatic heterocycles. The van der Waals surface area contributed by atoms with E-state index in [4.69, 9.17) is 41.6 Å². The molecule has 24 rings (SSSR count). The fourth-order valence-electron chi connectivity index (χ4n) is 13.0. The first-order valence-corrected chi connectivity index (χ1v) is 40.7. The minimum Gasteiger partial charge on any atom is -0.497 e. The van der Waals surface area contributed by atoms with Crippen LogP contribution in [0.1, 0.15) is 0 Å². The largest absolute Gasteiger partial charge is 2.00 e. The van der Waals surface area contributed by atoms with Crippen LogP contribution in [0.15, 0.2) is 333 Å². The molecular formula is C96H52N12O8Pt4S4. The van der Waals surface area contributed by atoms with Crippen LogP contribution < -0.4 is 18.9 Å². The first-order valence-electron chi connectivity index (χ1n) is 37.3. The van der Waals surface area contributed by atoms with Gasteiger partial charge in [0.1, 0.15) is 39.2 Å². The predicted octanol–water partition coefficient (Wildman–Crippen LogP) is 25.0. The minimum atomic E-state index is 0. The fraction of sp³-hybridized carbons (Fsp3) is 0. The molecule has 28 heteroatoms. The Hall–Kier alpha value is -12.8. The van der Waals surface area contributed by atoms with E-state index >= 15 is 0 Å². The Kier molecular flexibility index (Phi) is 25.2. The van der Waals surface area contributed by atoms with Crippen molar-refractivity contribution in [3.05, 3.63) is 364 Å². The second-order valence-electron chi connectivity index (χ2n) is 26.6.